The SMILES string of the molecule is CC1CC(C(=O)Nc2cccc(OCC(N)=S)c2)CO1. The molecule has 1 fully saturated rings. The van der Waals surface area contributed by atoms with E-state index in [0.717, 1.165) is 6.42 Å². The van der Waals surface area contributed by atoms with Gasteiger partial charge in [0.1, 0.15) is 17.3 Å². The predicted molar refractivity (Wildman–Crippen MR) is 80.9 cm³/mol. The molecule has 2 rings (SSSR count). The normalized spacial score (nSPS) is 21.4. The van der Waals surface area contributed by atoms with E-state index in [0.29, 0.717) is 18.0 Å². The van der Waals surface area contributed by atoms with E-state index in [2.05, 4.69) is 5.32 Å². The minimum absolute atomic E-state index is 0.0270. The zero-order valence-electron chi connectivity index (χ0n) is 11.3. The Kier molecular flexibility index (Phi) is 4.92. The van der Waals surface area contributed by atoms with Gasteiger partial charge in [-0.05, 0) is 25.5 Å². The van der Waals surface area contributed by atoms with Crippen LogP contribution in [0.4, 0.5) is 5.69 Å². The first kappa shape index (κ1) is 14.7. The zero-order chi connectivity index (χ0) is 14.5. The van der Waals surface area contributed by atoms with Gasteiger partial charge in [-0.2, -0.15) is 0 Å². The molecule has 1 aromatic carbocycles. The standard InChI is InChI=1S/C14H18N2O3S/c1-9-5-10(7-18-9)14(17)16-11-3-2-4-12(6-11)19-8-13(15)20/h2-4,6,9-10H,5,7-8H2,1H3,(H2,15,20)(H,16,17). The van der Waals surface area contributed by atoms with E-state index in [9.17, 15) is 4.79 Å². The summed E-state index contributed by atoms with van der Waals surface area (Å²) in [4.78, 5) is 12.4. The number of rotatable bonds is 5. The summed E-state index contributed by atoms with van der Waals surface area (Å²) in [5, 5.41) is 2.87. The average Bonchev–Trinajstić information content (AvgIpc) is 2.84. The molecule has 1 amide bonds. The maximum absolute atomic E-state index is 12.1. The van der Waals surface area contributed by atoms with Crippen molar-refractivity contribution in [3.63, 3.8) is 0 Å². The number of amides is 1. The van der Waals surface area contributed by atoms with Gasteiger partial charge in [0.25, 0.3) is 0 Å². The highest BCUT2D eigenvalue weighted by Crippen LogP contribution is 2.22. The summed E-state index contributed by atoms with van der Waals surface area (Å²) >= 11 is 4.75. The third kappa shape index (κ3) is 4.18. The van der Waals surface area contributed by atoms with E-state index < -0.39 is 0 Å². The quantitative estimate of drug-likeness (QED) is 0.809. The van der Waals surface area contributed by atoms with E-state index in [1.807, 2.05) is 13.0 Å². The molecule has 1 saturated heterocycles. The number of carbonyl (C=O) groups is 1. The number of hydrogen-bond donors (Lipinski definition) is 2. The molecule has 0 saturated carbocycles. The van der Waals surface area contributed by atoms with Crippen molar-refractivity contribution >= 4 is 28.8 Å². The fraction of sp³-hybridized carbons (Fsp3) is 0.429. The summed E-state index contributed by atoms with van der Waals surface area (Å²) in [6, 6.07) is 7.15. The Morgan fingerprint density at radius 1 is 1.60 bits per heavy atom. The Bertz CT molecular complexity index is 507. The van der Waals surface area contributed by atoms with Gasteiger partial charge < -0.3 is 20.5 Å². The number of carbonyl (C=O) groups excluding carboxylic acids is 1. The molecule has 0 aromatic heterocycles. The Morgan fingerprint density at radius 2 is 2.40 bits per heavy atom. The predicted octanol–water partition coefficient (Wildman–Crippen LogP) is 1.71. The summed E-state index contributed by atoms with van der Waals surface area (Å²) < 4.78 is 10.8. The highest BCUT2D eigenvalue weighted by atomic mass is 32.1. The second-order valence-electron chi connectivity index (χ2n) is 4.85. The molecule has 1 heterocycles. The monoisotopic (exact) mass is 294 g/mol. The van der Waals surface area contributed by atoms with Gasteiger partial charge in [0.15, 0.2) is 0 Å². The number of hydrogen-bond acceptors (Lipinski definition) is 4. The van der Waals surface area contributed by atoms with Crippen molar-refractivity contribution < 1.29 is 14.3 Å². The van der Waals surface area contributed by atoms with Gasteiger partial charge in [-0.25, -0.2) is 0 Å². The van der Waals surface area contributed by atoms with Crippen LogP contribution in [-0.4, -0.2) is 30.2 Å². The lowest BCUT2D eigenvalue weighted by atomic mass is 10.1. The van der Waals surface area contributed by atoms with Crippen molar-refractivity contribution in [2.24, 2.45) is 11.7 Å². The molecule has 3 N–H and O–H groups in total. The van der Waals surface area contributed by atoms with Crippen LogP contribution in [0.1, 0.15) is 13.3 Å². The van der Waals surface area contributed by atoms with Crippen molar-refractivity contribution in [3.8, 4) is 5.75 Å². The zero-order valence-corrected chi connectivity index (χ0v) is 12.1. The number of anilines is 1. The minimum Gasteiger partial charge on any atom is -0.486 e. The molecule has 20 heavy (non-hydrogen) atoms. The summed E-state index contributed by atoms with van der Waals surface area (Å²) in [5.41, 5.74) is 6.07. The Morgan fingerprint density at radius 3 is 3.05 bits per heavy atom. The second-order valence-corrected chi connectivity index (χ2v) is 5.37. The lowest BCUT2D eigenvalue weighted by Gasteiger charge is -2.11. The number of ether oxygens (including phenoxy) is 2. The lowest BCUT2D eigenvalue weighted by molar-refractivity contribution is -0.119. The molecule has 5 nitrogen and oxygen atoms in total. The molecule has 2 unspecified atom stereocenters. The van der Waals surface area contributed by atoms with Crippen LogP contribution < -0.4 is 15.8 Å². The fourth-order valence-electron chi connectivity index (χ4n) is 2.06. The maximum atomic E-state index is 12.1. The Balaban J connectivity index is 1.93. The molecule has 0 bridgehead atoms. The molecule has 1 aliphatic rings. The van der Waals surface area contributed by atoms with Crippen molar-refractivity contribution in [3.05, 3.63) is 24.3 Å². The topological polar surface area (TPSA) is 73.6 Å². The van der Waals surface area contributed by atoms with Crippen molar-refractivity contribution in [2.75, 3.05) is 18.5 Å². The first-order chi connectivity index (χ1) is 9.54. The highest BCUT2D eigenvalue weighted by molar-refractivity contribution is 7.80. The Hall–Kier alpha value is -1.66. The first-order valence-corrected chi connectivity index (χ1v) is 6.89. The van der Waals surface area contributed by atoms with Gasteiger partial charge >= 0.3 is 0 Å². The molecular formula is C14H18N2O3S. The van der Waals surface area contributed by atoms with Crippen LogP contribution in [0.15, 0.2) is 24.3 Å². The molecule has 0 radical (unpaired) electrons. The number of benzene rings is 1. The van der Waals surface area contributed by atoms with Crippen molar-refractivity contribution in [2.45, 2.75) is 19.4 Å². The van der Waals surface area contributed by atoms with Gasteiger partial charge in [0, 0.05) is 11.8 Å². The fourth-order valence-corrected chi connectivity index (χ4v) is 2.12. The summed E-state index contributed by atoms with van der Waals surface area (Å²) in [6.45, 7) is 2.63. The Labute approximate surface area is 123 Å². The summed E-state index contributed by atoms with van der Waals surface area (Å²) in [5.74, 6) is 0.499. The van der Waals surface area contributed by atoms with Crippen LogP contribution in [0.3, 0.4) is 0 Å². The van der Waals surface area contributed by atoms with E-state index in [4.69, 9.17) is 27.4 Å². The number of thiocarbonyl (C=S) groups is 1. The first-order valence-electron chi connectivity index (χ1n) is 6.48. The van der Waals surface area contributed by atoms with E-state index in [-0.39, 0.29) is 29.5 Å². The van der Waals surface area contributed by atoms with E-state index in [1.165, 1.54) is 0 Å². The molecule has 0 spiro atoms. The van der Waals surface area contributed by atoms with Gasteiger partial charge in [0.05, 0.1) is 18.6 Å². The summed E-state index contributed by atoms with van der Waals surface area (Å²) in [6.07, 6.45) is 0.898. The minimum atomic E-state index is -0.0915. The molecule has 0 aliphatic carbocycles. The molecule has 1 aromatic rings. The van der Waals surface area contributed by atoms with Crippen LogP contribution in [-0.2, 0) is 9.53 Å². The largest absolute Gasteiger partial charge is 0.486 e. The third-order valence-corrected chi connectivity index (χ3v) is 3.17. The van der Waals surface area contributed by atoms with Crippen molar-refractivity contribution in [1.29, 1.82) is 0 Å². The number of nitrogens with two attached hydrogens (primary N) is 1. The van der Waals surface area contributed by atoms with Crippen LogP contribution in [0.25, 0.3) is 0 Å². The van der Waals surface area contributed by atoms with Gasteiger partial charge in [-0.1, -0.05) is 18.3 Å². The van der Waals surface area contributed by atoms with Crippen LogP contribution in [0.5, 0.6) is 5.75 Å². The van der Waals surface area contributed by atoms with Gasteiger partial charge in [-0.3, -0.25) is 4.79 Å². The lowest BCUT2D eigenvalue weighted by Crippen LogP contribution is -2.23. The molecule has 1 aliphatic heterocycles. The van der Waals surface area contributed by atoms with Gasteiger partial charge in [-0.15, -0.1) is 0 Å². The van der Waals surface area contributed by atoms with Gasteiger partial charge in [0.2, 0.25) is 5.91 Å². The molecule has 2 atom stereocenters. The second kappa shape index (κ2) is 6.67. The average molecular weight is 294 g/mol. The highest BCUT2D eigenvalue weighted by Gasteiger charge is 2.28. The van der Waals surface area contributed by atoms with Crippen LogP contribution in [0.2, 0.25) is 0 Å². The third-order valence-electron chi connectivity index (χ3n) is 3.05. The van der Waals surface area contributed by atoms with Crippen molar-refractivity contribution in [1.82, 2.24) is 0 Å². The van der Waals surface area contributed by atoms with Crippen LogP contribution >= 0.6 is 12.2 Å². The molecular weight excluding hydrogens is 276 g/mol. The number of nitrogens with one attached hydrogen (secondary N) is 1. The molecule has 6 heteroatoms. The molecule has 108 valence electrons. The summed E-state index contributed by atoms with van der Waals surface area (Å²) in [7, 11) is 0. The van der Waals surface area contributed by atoms with E-state index >= 15 is 0 Å². The van der Waals surface area contributed by atoms with E-state index in [1.54, 1.807) is 18.2 Å². The maximum Gasteiger partial charge on any atom is 0.229 e. The van der Waals surface area contributed by atoms with Crippen LogP contribution in [0, 0.1) is 5.92 Å². The smallest absolute Gasteiger partial charge is 0.229 e.